The molecule has 174 valence electrons. The average molecular weight is 446 g/mol. The zero-order chi connectivity index (χ0) is 23.8. The molecule has 2 rings (SSSR count). The summed E-state index contributed by atoms with van der Waals surface area (Å²) < 4.78 is 11.5. The lowest BCUT2D eigenvalue weighted by atomic mass is 9.95. The van der Waals surface area contributed by atoms with Gasteiger partial charge in [0.05, 0.1) is 6.61 Å². The molecule has 0 radical (unpaired) electrons. The summed E-state index contributed by atoms with van der Waals surface area (Å²) >= 11 is 0. The van der Waals surface area contributed by atoms with Crippen LogP contribution in [0.1, 0.15) is 55.0 Å². The zero-order valence-electron chi connectivity index (χ0n) is 19.2. The molecule has 1 N–H and O–H groups in total. The Labute approximate surface area is 187 Å². The van der Waals surface area contributed by atoms with Gasteiger partial charge in [0.1, 0.15) is 12.4 Å². The Kier molecular flexibility index (Phi) is 8.80. The number of carbonyl (C=O) groups excluding carboxylic acids is 2. The summed E-state index contributed by atoms with van der Waals surface area (Å²) in [4.78, 5) is 43.0. The van der Waals surface area contributed by atoms with E-state index in [-0.39, 0.29) is 37.4 Å². The van der Waals surface area contributed by atoms with Gasteiger partial charge >= 0.3 is 12.1 Å². The van der Waals surface area contributed by atoms with Gasteiger partial charge in [0, 0.05) is 26.6 Å². The van der Waals surface area contributed by atoms with Crippen LogP contribution in [0.15, 0.2) is 35.1 Å². The van der Waals surface area contributed by atoms with Crippen LogP contribution in [0.5, 0.6) is 5.75 Å². The number of rotatable bonds is 9. The van der Waals surface area contributed by atoms with Crippen molar-refractivity contribution in [1.29, 1.82) is 0 Å². The van der Waals surface area contributed by atoms with E-state index in [1.807, 2.05) is 44.2 Å². The first kappa shape index (κ1) is 24.9. The quantitative estimate of drug-likeness (QED) is 0.591. The molecule has 0 aliphatic carbocycles. The Morgan fingerprint density at radius 3 is 2.44 bits per heavy atom. The summed E-state index contributed by atoms with van der Waals surface area (Å²) in [5.74, 6) is -1.51. The van der Waals surface area contributed by atoms with Gasteiger partial charge in [0.15, 0.2) is 5.69 Å². The van der Waals surface area contributed by atoms with Gasteiger partial charge in [-0.3, -0.25) is 9.36 Å². The third-order valence-corrected chi connectivity index (χ3v) is 4.90. The molecule has 1 amide bonds. The van der Waals surface area contributed by atoms with Gasteiger partial charge in [-0.25, -0.2) is 14.6 Å². The third-order valence-electron chi connectivity index (χ3n) is 4.90. The minimum Gasteiger partial charge on any atom is -0.501 e. The molecule has 9 nitrogen and oxygen atoms in total. The highest BCUT2D eigenvalue weighted by Gasteiger charge is 2.27. The van der Waals surface area contributed by atoms with Crippen molar-refractivity contribution in [3.05, 3.63) is 57.8 Å². The van der Waals surface area contributed by atoms with Gasteiger partial charge in [-0.05, 0) is 24.8 Å². The molecule has 0 aliphatic heterocycles. The number of esters is 1. The predicted octanol–water partition coefficient (Wildman–Crippen LogP) is 3.06. The van der Waals surface area contributed by atoms with E-state index >= 15 is 0 Å². The van der Waals surface area contributed by atoms with E-state index in [1.54, 1.807) is 14.0 Å². The number of likely N-dealkylation sites (N-methyl/N-ethyl adjacent to an activating group) is 1. The van der Waals surface area contributed by atoms with Gasteiger partial charge in [-0.2, -0.15) is 0 Å². The van der Waals surface area contributed by atoms with Crippen molar-refractivity contribution in [3.8, 4) is 5.75 Å². The third kappa shape index (κ3) is 6.32. The molecule has 1 heterocycles. The number of hydrogen-bond acceptors (Lipinski definition) is 7. The standard InChI is InChI=1S/C23H31N3O6/c1-6-31-22(29)18-19(27)21(28)26(5)20(24-18)17(12-15(2)3)13-25(4)23(30)32-14-16-10-8-7-9-11-16/h7-11,15,17,27H,6,12-14H2,1-5H3. The van der Waals surface area contributed by atoms with Crippen molar-refractivity contribution in [3.63, 3.8) is 0 Å². The molecule has 0 bridgehead atoms. The molecule has 0 aliphatic rings. The summed E-state index contributed by atoms with van der Waals surface area (Å²) in [6, 6.07) is 9.34. The van der Waals surface area contributed by atoms with Crippen LogP contribution in [0.25, 0.3) is 0 Å². The summed E-state index contributed by atoms with van der Waals surface area (Å²) in [6.45, 7) is 6.06. The first-order valence-electron chi connectivity index (χ1n) is 10.5. The lowest BCUT2D eigenvalue weighted by molar-refractivity contribution is 0.0513. The summed E-state index contributed by atoms with van der Waals surface area (Å²) in [5, 5.41) is 10.1. The molecule has 0 fully saturated rings. The fraction of sp³-hybridized carbons (Fsp3) is 0.478. The molecular weight excluding hydrogens is 414 g/mol. The maximum Gasteiger partial charge on any atom is 0.409 e. The molecule has 1 atom stereocenters. The monoisotopic (exact) mass is 445 g/mol. The Morgan fingerprint density at radius 1 is 1.19 bits per heavy atom. The zero-order valence-corrected chi connectivity index (χ0v) is 19.2. The number of aromatic hydroxyl groups is 1. The summed E-state index contributed by atoms with van der Waals surface area (Å²) in [6.07, 6.45) is 0.0703. The van der Waals surface area contributed by atoms with E-state index in [4.69, 9.17) is 9.47 Å². The fourth-order valence-electron chi connectivity index (χ4n) is 3.38. The molecule has 0 spiro atoms. The average Bonchev–Trinajstić information content (AvgIpc) is 2.76. The number of benzene rings is 1. The van der Waals surface area contributed by atoms with Crippen LogP contribution < -0.4 is 5.56 Å². The maximum absolute atomic E-state index is 12.5. The number of ether oxygens (including phenoxy) is 2. The molecule has 32 heavy (non-hydrogen) atoms. The van der Waals surface area contributed by atoms with Gasteiger partial charge in [0.25, 0.3) is 5.56 Å². The fourth-order valence-corrected chi connectivity index (χ4v) is 3.38. The van der Waals surface area contributed by atoms with Gasteiger partial charge in [-0.1, -0.05) is 44.2 Å². The number of hydrogen-bond donors (Lipinski definition) is 1. The van der Waals surface area contributed by atoms with Crippen LogP contribution in [0.2, 0.25) is 0 Å². The van der Waals surface area contributed by atoms with E-state index in [0.717, 1.165) is 5.56 Å². The van der Waals surface area contributed by atoms with Crippen molar-refractivity contribution < 1.29 is 24.2 Å². The predicted molar refractivity (Wildman–Crippen MR) is 119 cm³/mol. The van der Waals surface area contributed by atoms with E-state index in [9.17, 15) is 19.5 Å². The summed E-state index contributed by atoms with van der Waals surface area (Å²) in [5.41, 5.74) is -0.302. The van der Waals surface area contributed by atoms with Crippen molar-refractivity contribution in [2.75, 3.05) is 20.2 Å². The van der Waals surface area contributed by atoms with Crippen LogP contribution in [0.4, 0.5) is 4.79 Å². The second kappa shape index (κ2) is 11.3. The Morgan fingerprint density at radius 2 is 1.84 bits per heavy atom. The van der Waals surface area contributed by atoms with Crippen molar-refractivity contribution in [2.45, 2.75) is 39.7 Å². The van der Waals surface area contributed by atoms with E-state index in [2.05, 4.69) is 4.98 Å². The minimum absolute atomic E-state index is 0.0793. The topological polar surface area (TPSA) is 111 Å². The second-order valence-electron chi connectivity index (χ2n) is 8.00. The Balaban J connectivity index is 2.28. The molecule has 0 saturated carbocycles. The molecule has 1 unspecified atom stereocenters. The lowest BCUT2D eigenvalue weighted by Gasteiger charge is -2.26. The van der Waals surface area contributed by atoms with Crippen LogP contribution in [-0.4, -0.2) is 51.8 Å². The normalized spacial score (nSPS) is 11.8. The van der Waals surface area contributed by atoms with Crippen molar-refractivity contribution in [1.82, 2.24) is 14.5 Å². The SMILES string of the molecule is CCOC(=O)c1nc(C(CC(C)C)CN(C)C(=O)OCc2ccccc2)n(C)c(=O)c1O. The second-order valence-corrected chi connectivity index (χ2v) is 8.00. The summed E-state index contributed by atoms with van der Waals surface area (Å²) in [7, 11) is 3.08. The van der Waals surface area contributed by atoms with E-state index in [1.165, 1.54) is 16.5 Å². The van der Waals surface area contributed by atoms with Crippen molar-refractivity contribution in [2.24, 2.45) is 13.0 Å². The number of amides is 1. The maximum atomic E-state index is 12.5. The van der Waals surface area contributed by atoms with Crippen LogP contribution >= 0.6 is 0 Å². The van der Waals surface area contributed by atoms with Crippen LogP contribution in [-0.2, 0) is 23.1 Å². The van der Waals surface area contributed by atoms with Gasteiger partial charge in [0.2, 0.25) is 5.75 Å². The highest BCUT2D eigenvalue weighted by Crippen LogP contribution is 2.25. The minimum atomic E-state index is -0.872. The van der Waals surface area contributed by atoms with Crippen LogP contribution in [0.3, 0.4) is 0 Å². The Hall–Kier alpha value is -3.36. The number of carbonyl (C=O) groups is 2. The van der Waals surface area contributed by atoms with E-state index < -0.39 is 29.1 Å². The highest BCUT2D eigenvalue weighted by atomic mass is 16.6. The largest absolute Gasteiger partial charge is 0.501 e. The van der Waals surface area contributed by atoms with Crippen LogP contribution in [0, 0.1) is 5.92 Å². The van der Waals surface area contributed by atoms with Gasteiger partial charge < -0.3 is 19.5 Å². The molecule has 0 saturated heterocycles. The molecule has 1 aromatic heterocycles. The first-order valence-corrected chi connectivity index (χ1v) is 10.5. The molecule has 9 heteroatoms. The highest BCUT2D eigenvalue weighted by molar-refractivity contribution is 5.90. The van der Waals surface area contributed by atoms with Crippen molar-refractivity contribution >= 4 is 12.1 Å². The number of nitrogens with zero attached hydrogens (tertiary/aromatic N) is 3. The first-order chi connectivity index (χ1) is 15.1. The smallest absolute Gasteiger partial charge is 0.409 e. The molecular formula is C23H31N3O6. The lowest BCUT2D eigenvalue weighted by Crippen LogP contribution is -2.35. The van der Waals surface area contributed by atoms with Gasteiger partial charge in [-0.15, -0.1) is 0 Å². The molecule has 2 aromatic rings. The molecule has 1 aromatic carbocycles. The Bertz CT molecular complexity index is 987. The number of aromatic nitrogens is 2. The van der Waals surface area contributed by atoms with E-state index in [0.29, 0.717) is 6.42 Å².